The summed E-state index contributed by atoms with van der Waals surface area (Å²) in [6.07, 6.45) is 1.68. The van der Waals surface area contributed by atoms with Crippen LogP contribution in [-0.2, 0) is 4.74 Å². The van der Waals surface area contributed by atoms with Gasteiger partial charge in [0.15, 0.2) is 11.6 Å². The average molecular weight is 243 g/mol. The molecule has 0 radical (unpaired) electrons. The van der Waals surface area contributed by atoms with Gasteiger partial charge in [-0.15, -0.1) is 0 Å². The van der Waals surface area contributed by atoms with E-state index in [9.17, 15) is 8.78 Å². The van der Waals surface area contributed by atoms with Crippen molar-refractivity contribution in [1.29, 1.82) is 0 Å². The number of rotatable bonds is 4. The third kappa shape index (κ3) is 2.92. The number of benzene rings is 1. The van der Waals surface area contributed by atoms with Crippen molar-refractivity contribution < 1.29 is 18.3 Å². The van der Waals surface area contributed by atoms with Crippen molar-refractivity contribution in [2.24, 2.45) is 5.73 Å². The molecule has 1 aliphatic rings. The second-order valence-electron chi connectivity index (χ2n) is 4.06. The Morgan fingerprint density at radius 1 is 1.29 bits per heavy atom. The van der Waals surface area contributed by atoms with Crippen LogP contribution in [-0.4, -0.2) is 25.4 Å². The third-order valence-electron chi connectivity index (χ3n) is 2.80. The Kier molecular flexibility index (Phi) is 3.91. The van der Waals surface area contributed by atoms with Crippen LogP contribution in [0.3, 0.4) is 0 Å². The lowest BCUT2D eigenvalue weighted by molar-refractivity contribution is 0.0212. The predicted octanol–water partition coefficient (Wildman–Crippen LogP) is 1.85. The quantitative estimate of drug-likeness (QED) is 0.877. The molecule has 1 aromatic carbocycles. The molecule has 17 heavy (non-hydrogen) atoms. The SMILES string of the molecule is NCC1CCC(COc2cccc(F)c2F)O1. The molecule has 2 N–H and O–H groups in total. The maximum Gasteiger partial charge on any atom is 0.200 e. The van der Waals surface area contributed by atoms with Crippen molar-refractivity contribution in [1.82, 2.24) is 0 Å². The molecule has 94 valence electrons. The zero-order chi connectivity index (χ0) is 12.3. The molecule has 2 unspecified atom stereocenters. The Labute approximate surface area is 98.5 Å². The second-order valence-corrected chi connectivity index (χ2v) is 4.06. The van der Waals surface area contributed by atoms with Crippen molar-refractivity contribution in [2.45, 2.75) is 25.0 Å². The summed E-state index contributed by atoms with van der Waals surface area (Å²) in [5.41, 5.74) is 5.47. The molecular weight excluding hydrogens is 228 g/mol. The van der Waals surface area contributed by atoms with E-state index in [0.29, 0.717) is 6.54 Å². The Morgan fingerprint density at radius 3 is 2.76 bits per heavy atom. The average Bonchev–Trinajstić information content (AvgIpc) is 2.79. The Balaban J connectivity index is 1.88. The zero-order valence-electron chi connectivity index (χ0n) is 9.36. The molecule has 0 saturated carbocycles. The first-order chi connectivity index (χ1) is 8.20. The molecule has 1 aromatic rings. The van der Waals surface area contributed by atoms with Crippen LogP contribution in [0.15, 0.2) is 18.2 Å². The van der Waals surface area contributed by atoms with Crippen LogP contribution in [0.2, 0.25) is 0 Å². The van der Waals surface area contributed by atoms with Crippen molar-refractivity contribution in [3.63, 3.8) is 0 Å². The summed E-state index contributed by atoms with van der Waals surface area (Å²) in [5, 5.41) is 0. The summed E-state index contributed by atoms with van der Waals surface area (Å²) in [6, 6.07) is 3.86. The van der Waals surface area contributed by atoms with Crippen LogP contribution in [0.1, 0.15) is 12.8 Å². The number of halogens is 2. The number of nitrogens with two attached hydrogens (primary N) is 1. The van der Waals surface area contributed by atoms with Gasteiger partial charge >= 0.3 is 0 Å². The van der Waals surface area contributed by atoms with Gasteiger partial charge in [0.05, 0.1) is 12.2 Å². The first-order valence-electron chi connectivity index (χ1n) is 5.63. The van der Waals surface area contributed by atoms with E-state index in [1.54, 1.807) is 0 Å². The van der Waals surface area contributed by atoms with Crippen LogP contribution >= 0.6 is 0 Å². The lowest BCUT2D eigenvalue weighted by atomic mass is 10.2. The summed E-state index contributed by atoms with van der Waals surface area (Å²) >= 11 is 0. The molecule has 1 heterocycles. The number of hydrogen-bond donors (Lipinski definition) is 1. The minimum atomic E-state index is -0.958. The molecule has 0 aliphatic carbocycles. The molecule has 1 aliphatic heterocycles. The summed E-state index contributed by atoms with van der Waals surface area (Å²) in [7, 11) is 0. The van der Waals surface area contributed by atoms with Gasteiger partial charge in [0.2, 0.25) is 5.82 Å². The molecule has 2 atom stereocenters. The maximum atomic E-state index is 13.3. The normalized spacial score (nSPS) is 23.9. The Bertz CT molecular complexity index is 387. The van der Waals surface area contributed by atoms with Crippen LogP contribution < -0.4 is 10.5 Å². The van der Waals surface area contributed by atoms with Gasteiger partial charge in [-0.3, -0.25) is 0 Å². The van der Waals surface area contributed by atoms with Gasteiger partial charge in [-0.1, -0.05) is 6.07 Å². The smallest absolute Gasteiger partial charge is 0.200 e. The van der Waals surface area contributed by atoms with E-state index in [0.717, 1.165) is 18.9 Å². The van der Waals surface area contributed by atoms with E-state index < -0.39 is 11.6 Å². The van der Waals surface area contributed by atoms with E-state index in [4.69, 9.17) is 15.2 Å². The molecule has 5 heteroatoms. The highest BCUT2D eigenvalue weighted by atomic mass is 19.2. The number of hydrogen-bond acceptors (Lipinski definition) is 3. The van der Waals surface area contributed by atoms with E-state index in [-0.39, 0.29) is 24.6 Å². The highest BCUT2D eigenvalue weighted by Gasteiger charge is 2.25. The van der Waals surface area contributed by atoms with Crippen LogP contribution in [0.4, 0.5) is 8.78 Å². The third-order valence-corrected chi connectivity index (χ3v) is 2.80. The summed E-state index contributed by atoms with van der Waals surface area (Å²) in [6.45, 7) is 0.696. The Morgan fingerprint density at radius 2 is 2.06 bits per heavy atom. The minimum Gasteiger partial charge on any atom is -0.488 e. The lowest BCUT2D eigenvalue weighted by Crippen LogP contribution is -2.23. The van der Waals surface area contributed by atoms with Gasteiger partial charge in [-0.25, -0.2) is 4.39 Å². The highest BCUT2D eigenvalue weighted by Crippen LogP contribution is 2.23. The standard InChI is InChI=1S/C12H15F2NO2/c13-10-2-1-3-11(12(10)14)16-7-9-5-4-8(6-15)17-9/h1-3,8-9H,4-7,15H2. The molecule has 0 amide bonds. The fraction of sp³-hybridized carbons (Fsp3) is 0.500. The number of ether oxygens (including phenoxy) is 2. The topological polar surface area (TPSA) is 44.5 Å². The molecule has 2 rings (SSSR count). The zero-order valence-corrected chi connectivity index (χ0v) is 9.36. The van der Waals surface area contributed by atoms with Crippen LogP contribution in [0.5, 0.6) is 5.75 Å². The van der Waals surface area contributed by atoms with Gasteiger partial charge in [0.25, 0.3) is 0 Å². The second kappa shape index (κ2) is 5.42. The van der Waals surface area contributed by atoms with Crippen molar-refractivity contribution in [3.05, 3.63) is 29.8 Å². The molecule has 0 aromatic heterocycles. The van der Waals surface area contributed by atoms with Crippen molar-refractivity contribution in [2.75, 3.05) is 13.2 Å². The van der Waals surface area contributed by atoms with Gasteiger partial charge in [-0.05, 0) is 25.0 Å². The van der Waals surface area contributed by atoms with Crippen LogP contribution in [0.25, 0.3) is 0 Å². The first-order valence-corrected chi connectivity index (χ1v) is 5.63. The van der Waals surface area contributed by atoms with Crippen molar-refractivity contribution >= 4 is 0 Å². The molecular formula is C12H15F2NO2. The predicted molar refractivity (Wildman–Crippen MR) is 58.8 cm³/mol. The molecule has 1 saturated heterocycles. The first kappa shape index (κ1) is 12.3. The monoisotopic (exact) mass is 243 g/mol. The molecule has 3 nitrogen and oxygen atoms in total. The van der Waals surface area contributed by atoms with Gasteiger partial charge < -0.3 is 15.2 Å². The van der Waals surface area contributed by atoms with Crippen LogP contribution in [0, 0.1) is 11.6 Å². The lowest BCUT2D eigenvalue weighted by Gasteiger charge is -2.14. The van der Waals surface area contributed by atoms with Crippen molar-refractivity contribution in [3.8, 4) is 5.75 Å². The largest absolute Gasteiger partial charge is 0.488 e. The van der Waals surface area contributed by atoms with Gasteiger partial charge in [0, 0.05) is 6.54 Å². The fourth-order valence-corrected chi connectivity index (χ4v) is 1.85. The highest BCUT2D eigenvalue weighted by molar-refractivity contribution is 5.25. The van der Waals surface area contributed by atoms with Gasteiger partial charge in [-0.2, -0.15) is 4.39 Å². The molecule has 1 fully saturated rings. The van der Waals surface area contributed by atoms with E-state index in [1.807, 2.05) is 0 Å². The summed E-state index contributed by atoms with van der Waals surface area (Å²) in [4.78, 5) is 0. The van der Waals surface area contributed by atoms with E-state index in [2.05, 4.69) is 0 Å². The Hall–Kier alpha value is -1.20. The maximum absolute atomic E-state index is 13.3. The van der Waals surface area contributed by atoms with Gasteiger partial charge in [0.1, 0.15) is 6.61 Å². The summed E-state index contributed by atoms with van der Waals surface area (Å²) < 4.78 is 36.9. The molecule has 0 spiro atoms. The van der Waals surface area contributed by atoms with E-state index in [1.165, 1.54) is 12.1 Å². The summed E-state index contributed by atoms with van der Waals surface area (Å²) in [5.74, 6) is -1.94. The fourth-order valence-electron chi connectivity index (χ4n) is 1.85. The minimum absolute atomic E-state index is 0.0564. The molecule has 0 bridgehead atoms. The van der Waals surface area contributed by atoms with E-state index >= 15 is 0 Å².